The Bertz CT molecular complexity index is 862. The molecule has 0 spiro atoms. The lowest BCUT2D eigenvalue weighted by Gasteiger charge is -2.30. The van der Waals surface area contributed by atoms with Crippen molar-refractivity contribution in [2.24, 2.45) is 5.41 Å². The highest BCUT2D eigenvalue weighted by atomic mass is 19.4. The van der Waals surface area contributed by atoms with Crippen LogP contribution >= 0.6 is 0 Å². The van der Waals surface area contributed by atoms with E-state index in [0.717, 1.165) is 5.01 Å². The molecule has 1 atom stereocenters. The van der Waals surface area contributed by atoms with E-state index in [1.807, 2.05) is 13.8 Å². The van der Waals surface area contributed by atoms with E-state index in [-0.39, 0.29) is 18.2 Å². The normalized spacial score (nSPS) is 18.7. The number of nitrogens with one attached hydrogen (secondary N) is 1. The summed E-state index contributed by atoms with van der Waals surface area (Å²) in [5.74, 6) is 0.0949. The molecule has 0 aromatic heterocycles. The molecule has 1 aliphatic heterocycles. The number of hydrogen-bond donors (Lipinski definition) is 1. The number of carbonyl (C=O) groups is 1. The fourth-order valence-electron chi connectivity index (χ4n) is 3.36. The molecule has 0 unspecified atom stereocenters. The van der Waals surface area contributed by atoms with Gasteiger partial charge in [0.05, 0.1) is 11.5 Å². The number of rotatable bonds is 4. The van der Waals surface area contributed by atoms with Crippen molar-refractivity contribution < 1.29 is 22.7 Å². The van der Waals surface area contributed by atoms with Crippen LogP contribution in [0, 0.1) is 5.41 Å². The fraction of sp³-hybridized carbons (Fsp3) is 0.450. The molecule has 0 saturated carbocycles. The van der Waals surface area contributed by atoms with Crippen LogP contribution in [-0.4, -0.2) is 29.7 Å². The summed E-state index contributed by atoms with van der Waals surface area (Å²) in [6.07, 6.45) is -4.65. The number of alkyl halides is 3. The first kappa shape index (κ1) is 19.5. The number of nitrogens with zero attached hydrogens (tertiary/aromatic N) is 1. The molecule has 2 aromatic carbocycles. The quantitative estimate of drug-likeness (QED) is 0.843. The van der Waals surface area contributed by atoms with Gasteiger partial charge in [0.25, 0.3) is 0 Å². The number of hydrogen-bond acceptors (Lipinski definition) is 3. The number of hydrazine groups is 1. The first-order chi connectivity index (χ1) is 12.5. The molecular weight excluding hydrogens is 357 g/mol. The molecule has 146 valence electrons. The third-order valence-electron chi connectivity index (χ3n) is 4.60. The second-order valence-electron chi connectivity index (χ2n) is 7.79. The number of fused-ring (bicyclic) bond motifs is 1. The van der Waals surface area contributed by atoms with E-state index in [4.69, 9.17) is 4.74 Å². The lowest BCUT2D eigenvalue weighted by Crippen LogP contribution is -2.43. The predicted octanol–water partition coefficient (Wildman–Crippen LogP) is 4.60. The number of benzene rings is 2. The molecular formula is C20H23F3N2O2. The van der Waals surface area contributed by atoms with Gasteiger partial charge in [-0.2, -0.15) is 13.2 Å². The molecule has 1 amide bonds. The Hall–Kier alpha value is -2.28. The highest BCUT2D eigenvalue weighted by Gasteiger charge is 2.51. The minimum atomic E-state index is -4.56. The molecule has 0 radical (unpaired) electrons. The van der Waals surface area contributed by atoms with Crippen molar-refractivity contribution in [3.05, 3.63) is 42.0 Å². The van der Waals surface area contributed by atoms with Gasteiger partial charge in [-0.25, -0.2) is 5.01 Å². The average Bonchev–Trinajstić information content (AvgIpc) is 2.79. The van der Waals surface area contributed by atoms with Crippen molar-refractivity contribution in [2.45, 2.75) is 46.0 Å². The summed E-state index contributed by atoms with van der Waals surface area (Å²) in [4.78, 5) is 12.1. The largest absolute Gasteiger partial charge is 0.491 e. The van der Waals surface area contributed by atoms with Crippen molar-refractivity contribution in [1.82, 2.24) is 10.4 Å². The topological polar surface area (TPSA) is 41.6 Å². The van der Waals surface area contributed by atoms with Crippen molar-refractivity contribution in [1.29, 1.82) is 0 Å². The van der Waals surface area contributed by atoms with Crippen LogP contribution in [0.3, 0.4) is 0 Å². The zero-order valence-electron chi connectivity index (χ0n) is 15.7. The van der Waals surface area contributed by atoms with Crippen LogP contribution in [0.25, 0.3) is 10.8 Å². The molecule has 0 aliphatic carbocycles. The summed E-state index contributed by atoms with van der Waals surface area (Å²) in [7, 11) is 0. The van der Waals surface area contributed by atoms with Gasteiger partial charge >= 0.3 is 6.18 Å². The molecule has 1 heterocycles. The Labute approximate surface area is 156 Å². The maximum Gasteiger partial charge on any atom is 0.409 e. The van der Waals surface area contributed by atoms with E-state index in [1.165, 1.54) is 6.07 Å². The van der Waals surface area contributed by atoms with Gasteiger partial charge in [-0.15, -0.1) is 0 Å². The zero-order valence-corrected chi connectivity index (χ0v) is 15.7. The van der Waals surface area contributed by atoms with E-state index in [1.54, 1.807) is 44.2 Å². The molecule has 27 heavy (non-hydrogen) atoms. The Morgan fingerprint density at radius 2 is 1.89 bits per heavy atom. The summed E-state index contributed by atoms with van der Waals surface area (Å²) < 4.78 is 47.8. The molecule has 1 fully saturated rings. The van der Waals surface area contributed by atoms with Crippen molar-refractivity contribution in [3.63, 3.8) is 0 Å². The van der Waals surface area contributed by atoms with Gasteiger partial charge in [-0.1, -0.05) is 24.3 Å². The van der Waals surface area contributed by atoms with Crippen LogP contribution in [-0.2, 0) is 4.79 Å². The second kappa shape index (κ2) is 6.71. The number of carbonyl (C=O) groups excluding carboxylic acids is 1. The third-order valence-corrected chi connectivity index (χ3v) is 4.60. The molecule has 4 nitrogen and oxygen atoms in total. The van der Waals surface area contributed by atoms with E-state index in [0.29, 0.717) is 16.5 Å². The molecule has 7 heteroatoms. The highest BCUT2D eigenvalue weighted by molar-refractivity contribution is 5.88. The lowest BCUT2D eigenvalue weighted by molar-refractivity contribution is -0.191. The maximum absolute atomic E-state index is 14.1. The predicted molar refractivity (Wildman–Crippen MR) is 97.1 cm³/mol. The van der Waals surface area contributed by atoms with Gasteiger partial charge in [-0.3, -0.25) is 10.2 Å². The Balaban J connectivity index is 2.12. The minimum absolute atomic E-state index is 0.0332. The Morgan fingerprint density at radius 3 is 2.44 bits per heavy atom. The first-order valence-corrected chi connectivity index (χ1v) is 8.83. The van der Waals surface area contributed by atoms with Gasteiger partial charge < -0.3 is 4.74 Å². The van der Waals surface area contributed by atoms with Crippen LogP contribution in [0.1, 0.15) is 39.3 Å². The summed E-state index contributed by atoms with van der Waals surface area (Å²) in [5.41, 5.74) is 1.61. The minimum Gasteiger partial charge on any atom is -0.491 e. The number of amides is 1. The molecule has 1 N–H and O–H groups in total. The van der Waals surface area contributed by atoms with Crippen LogP contribution in [0.2, 0.25) is 0 Å². The van der Waals surface area contributed by atoms with E-state index < -0.39 is 23.5 Å². The summed E-state index contributed by atoms with van der Waals surface area (Å²) in [6.45, 7) is 6.95. The Kier molecular flexibility index (Phi) is 4.84. The van der Waals surface area contributed by atoms with Crippen LogP contribution < -0.4 is 10.2 Å². The first-order valence-electron chi connectivity index (χ1n) is 8.83. The third kappa shape index (κ3) is 3.88. The number of ether oxygens (including phenoxy) is 1. The van der Waals surface area contributed by atoms with E-state index in [2.05, 4.69) is 5.43 Å². The maximum atomic E-state index is 14.1. The average molecular weight is 380 g/mol. The zero-order chi connectivity index (χ0) is 20.0. The monoisotopic (exact) mass is 380 g/mol. The standard InChI is InChI=1S/C20H23F3N2O2/c1-12(2)27-14-9-8-13-6-5-7-15(16(13)10-14)17(20(21,22)23)25-11-19(3,4)18(26)24-25/h5-10,12,17H,11H2,1-4H3,(H,24,26)/t17-/m0/s1. The summed E-state index contributed by atoms with van der Waals surface area (Å²) in [6, 6.07) is 8.00. The smallest absolute Gasteiger partial charge is 0.409 e. The van der Waals surface area contributed by atoms with Gasteiger partial charge in [0.1, 0.15) is 5.75 Å². The van der Waals surface area contributed by atoms with Crippen molar-refractivity contribution >= 4 is 16.7 Å². The van der Waals surface area contributed by atoms with Gasteiger partial charge in [0.2, 0.25) is 5.91 Å². The van der Waals surface area contributed by atoms with Gasteiger partial charge in [0, 0.05) is 6.54 Å². The summed E-state index contributed by atoms with van der Waals surface area (Å²) in [5, 5.41) is 2.13. The van der Waals surface area contributed by atoms with E-state index >= 15 is 0 Å². The van der Waals surface area contributed by atoms with Crippen LogP contribution in [0.15, 0.2) is 36.4 Å². The SMILES string of the molecule is CC(C)Oc1ccc2cccc([C@H](N3CC(C)(C)C(=O)N3)C(F)(F)F)c2c1. The Morgan fingerprint density at radius 1 is 1.19 bits per heavy atom. The lowest BCUT2D eigenvalue weighted by atomic mass is 9.93. The fourth-order valence-corrected chi connectivity index (χ4v) is 3.36. The van der Waals surface area contributed by atoms with E-state index in [9.17, 15) is 18.0 Å². The molecule has 0 bridgehead atoms. The summed E-state index contributed by atoms with van der Waals surface area (Å²) >= 11 is 0. The molecule has 2 aromatic rings. The van der Waals surface area contributed by atoms with Crippen molar-refractivity contribution in [2.75, 3.05) is 6.54 Å². The molecule has 1 saturated heterocycles. The van der Waals surface area contributed by atoms with Crippen LogP contribution in [0.4, 0.5) is 13.2 Å². The van der Waals surface area contributed by atoms with Crippen LogP contribution in [0.5, 0.6) is 5.75 Å². The van der Waals surface area contributed by atoms with Gasteiger partial charge in [-0.05, 0) is 56.2 Å². The molecule has 1 aliphatic rings. The molecule has 3 rings (SSSR count). The second-order valence-corrected chi connectivity index (χ2v) is 7.79. The van der Waals surface area contributed by atoms with Gasteiger partial charge in [0.15, 0.2) is 6.04 Å². The highest BCUT2D eigenvalue weighted by Crippen LogP contribution is 2.43. The number of halogens is 3. The van der Waals surface area contributed by atoms with Crippen molar-refractivity contribution in [3.8, 4) is 5.75 Å².